The molecule has 0 spiro atoms. The minimum Gasteiger partial charge on any atom is -0.481 e. The van der Waals surface area contributed by atoms with Crippen LogP contribution in [0.25, 0.3) is 0 Å². The van der Waals surface area contributed by atoms with E-state index in [9.17, 15) is 4.79 Å². The van der Waals surface area contributed by atoms with Crippen molar-refractivity contribution >= 4 is 18.6 Å². The SMILES string of the molecule is CC(C(=O)O)C1C=CC(N)=C(S)C1. The first kappa shape index (κ1) is 10.2. The topological polar surface area (TPSA) is 63.3 Å². The molecule has 13 heavy (non-hydrogen) atoms. The number of allylic oxidation sites excluding steroid dienone is 3. The van der Waals surface area contributed by atoms with Crippen molar-refractivity contribution in [1.82, 2.24) is 0 Å². The van der Waals surface area contributed by atoms with Crippen LogP contribution in [-0.2, 0) is 4.79 Å². The van der Waals surface area contributed by atoms with Gasteiger partial charge >= 0.3 is 5.97 Å². The number of rotatable bonds is 2. The molecule has 2 unspecified atom stereocenters. The fourth-order valence-electron chi connectivity index (χ4n) is 1.26. The molecule has 3 N–H and O–H groups in total. The summed E-state index contributed by atoms with van der Waals surface area (Å²) in [6.07, 6.45) is 4.20. The Morgan fingerprint density at radius 2 is 2.46 bits per heavy atom. The van der Waals surface area contributed by atoms with Crippen LogP contribution < -0.4 is 5.73 Å². The summed E-state index contributed by atoms with van der Waals surface area (Å²) in [5, 5.41) is 8.78. The lowest BCUT2D eigenvalue weighted by molar-refractivity contribution is -0.142. The van der Waals surface area contributed by atoms with Crippen molar-refractivity contribution in [1.29, 1.82) is 0 Å². The van der Waals surface area contributed by atoms with Crippen LogP contribution in [0.2, 0.25) is 0 Å². The second-order valence-electron chi connectivity index (χ2n) is 3.26. The van der Waals surface area contributed by atoms with Crippen molar-refractivity contribution < 1.29 is 9.90 Å². The summed E-state index contributed by atoms with van der Waals surface area (Å²) in [6, 6.07) is 0. The molecular weight excluding hydrogens is 186 g/mol. The third kappa shape index (κ3) is 2.28. The molecule has 0 saturated heterocycles. The Labute approximate surface area is 82.7 Å². The monoisotopic (exact) mass is 199 g/mol. The number of nitrogens with two attached hydrogens (primary N) is 1. The van der Waals surface area contributed by atoms with Crippen molar-refractivity contribution in [2.24, 2.45) is 17.6 Å². The number of carbonyl (C=O) groups is 1. The number of hydrogen-bond acceptors (Lipinski definition) is 3. The molecule has 1 rings (SSSR count). The zero-order valence-corrected chi connectivity index (χ0v) is 8.29. The van der Waals surface area contributed by atoms with Gasteiger partial charge in [-0.1, -0.05) is 13.0 Å². The molecule has 0 radical (unpaired) electrons. The van der Waals surface area contributed by atoms with Crippen molar-refractivity contribution in [3.63, 3.8) is 0 Å². The number of carboxylic acids is 1. The van der Waals surface area contributed by atoms with E-state index in [-0.39, 0.29) is 11.8 Å². The maximum Gasteiger partial charge on any atom is 0.306 e. The average Bonchev–Trinajstić information content (AvgIpc) is 2.08. The summed E-state index contributed by atoms with van der Waals surface area (Å²) in [6.45, 7) is 1.69. The Morgan fingerprint density at radius 1 is 1.85 bits per heavy atom. The molecule has 72 valence electrons. The van der Waals surface area contributed by atoms with E-state index in [2.05, 4.69) is 12.6 Å². The smallest absolute Gasteiger partial charge is 0.306 e. The summed E-state index contributed by atoms with van der Waals surface area (Å²) in [5.74, 6) is -1.15. The minimum atomic E-state index is -0.781. The molecule has 3 nitrogen and oxygen atoms in total. The van der Waals surface area contributed by atoms with E-state index in [1.165, 1.54) is 0 Å². The van der Waals surface area contributed by atoms with Gasteiger partial charge in [-0.05, 0) is 18.4 Å². The molecule has 1 aliphatic rings. The average molecular weight is 199 g/mol. The summed E-state index contributed by atoms with van der Waals surface area (Å²) in [5.41, 5.74) is 6.22. The van der Waals surface area contributed by atoms with Crippen LogP contribution in [0.3, 0.4) is 0 Å². The van der Waals surface area contributed by atoms with Crippen LogP contribution in [0.4, 0.5) is 0 Å². The van der Waals surface area contributed by atoms with Gasteiger partial charge < -0.3 is 10.8 Å². The summed E-state index contributed by atoms with van der Waals surface area (Å²) in [4.78, 5) is 11.5. The Balaban J connectivity index is 2.70. The third-order valence-electron chi connectivity index (χ3n) is 2.32. The van der Waals surface area contributed by atoms with Gasteiger partial charge in [-0.2, -0.15) is 0 Å². The summed E-state index contributed by atoms with van der Waals surface area (Å²) >= 11 is 4.19. The van der Waals surface area contributed by atoms with Crippen molar-refractivity contribution in [2.75, 3.05) is 0 Å². The zero-order chi connectivity index (χ0) is 10.0. The van der Waals surface area contributed by atoms with Gasteiger partial charge in [0.25, 0.3) is 0 Å². The number of carboxylic acid groups (broad SMARTS) is 1. The van der Waals surface area contributed by atoms with E-state index in [1.54, 1.807) is 13.0 Å². The molecule has 1 aliphatic carbocycles. The van der Waals surface area contributed by atoms with Crippen LogP contribution in [0, 0.1) is 11.8 Å². The molecule has 0 aromatic carbocycles. The molecule has 2 atom stereocenters. The molecular formula is C9H13NO2S. The van der Waals surface area contributed by atoms with E-state index in [1.807, 2.05) is 6.08 Å². The largest absolute Gasteiger partial charge is 0.481 e. The quantitative estimate of drug-likeness (QED) is 0.589. The molecule has 0 aliphatic heterocycles. The normalized spacial score (nSPS) is 24.6. The fraction of sp³-hybridized carbons (Fsp3) is 0.444. The van der Waals surface area contributed by atoms with Gasteiger partial charge in [0.15, 0.2) is 0 Å². The highest BCUT2D eigenvalue weighted by atomic mass is 32.1. The lowest BCUT2D eigenvalue weighted by Gasteiger charge is -2.21. The second-order valence-corrected chi connectivity index (χ2v) is 3.80. The first-order valence-corrected chi connectivity index (χ1v) is 4.55. The Kier molecular flexibility index (Phi) is 3.03. The predicted molar refractivity (Wildman–Crippen MR) is 54.2 cm³/mol. The van der Waals surface area contributed by atoms with Crippen LogP contribution in [0.5, 0.6) is 0 Å². The van der Waals surface area contributed by atoms with E-state index in [4.69, 9.17) is 10.8 Å². The van der Waals surface area contributed by atoms with E-state index >= 15 is 0 Å². The lowest BCUT2D eigenvalue weighted by Crippen LogP contribution is -2.21. The maximum atomic E-state index is 10.7. The minimum absolute atomic E-state index is 0.0114. The first-order chi connectivity index (χ1) is 6.02. The van der Waals surface area contributed by atoms with Gasteiger partial charge in [0.05, 0.1) is 5.92 Å². The lowest BCUT2D eigenvalue weighted by atomic mass is 9.87. The van der Waals surface area contributed by atoms with Gasteiger partial charge in [0, 0.05) is 10.6 Å². The van der Waals surface area contributed by atoms with Gasteiger partial charge in [0.2, 0.25) is 0 Å². The van der Waals surface area contributed by atoms with Crippen LogP contribution in [-0.4, -0.2) is 11.1 Å². The van der Waals surface area contributed by atoms with E-state index in [0.717, 1.165) is 4.91 Å². The van der Waals surface area contributed by atoms with Gasteiger partial charge in [-0.3, -0.25) is 4.79 Å². The molecule has 0 bridgehead atoms. The van der Waals surface area contributed by atoms with Crippen LogP contribution >= 0.6 is 12.6 Å². The number of aliphatic carboxylic acids is 1. The second kappa shape index (κ2) is 3.87. The Hall–Kier alpha value is -0.900. The number of hydrogen-bond donors (Lipinski definition) is 3. The third-order valence-corrected chi connectivity index (χ3v) is 2.76. The van der Waals surface area contributed by atoms with Crippen molar-refractivity contribution in [2.45, 2.75) is 13.3 Å². The number of thiol groups is 1. The van der Waals surface area contributed by atoms with Crippen LogP contribution in [0.1, 0.15) is 13.3 Å². The van der Waals surface area contributed by atoms with Gasteiger partial charge in [-0.15, -0.1) is 12.6 Å². The molecule has 0 aromatic heterocycles. The van der Waals surface area contributed by atoms with Gasteiger partial charge in [0.1, 0.15) is 0 Å². The maximum absolute atomic E-state index is 10.7. The highest BCUT2D eigenvalue weighted by Crippen LogP contribution is 2.29. The molecule has 0 aromatic rings. The molecule has 0 saturated carbocycles. The Morgan fingerprint density at radius 3 is 2.92 bits per heavy atom. The molecule has 0 fully saturated rings. The van der Waals surface area contributed by atoms with Crippen molar-refractivity contribution in [3.8, 4) is 0 Å². The molecule has 0 heterocycles. The Bertz CT molecular complexity index is 283. The van der Waals surface area contributed by atoms with E-state index < -0.39 is 5.97 Å². The predicted octanol–water partition coefficient (Wildman–Crippen LogP) is 1.38. The van der Waals surface area contributed by atoms with E-state index in [0.29, 0.717) is 12.1 Å². The molecule has 4 heteroatoms. The fourth-order valence-corrected chi connectivity index (χ4v) is 1.54. The molecule has 0 amide bonds. The highest BCUT2D eigenvalue weighted by molar-refractivity contribution is 7.84. The van der Waals surface area contributed by atoms with Crippen LogP contribution in [0.15, 0.2) is 22.8 Å². The highest BCUT2D eigenvalue weighted by Gasteiger charge is 2.24. The van der Waals surface area contributed by atoms with Gasteiger partial charge in [-0.25, -0.2) is 0 Å². The summed E-state index contributed by atoms with van der Waals surface area (Å²) < 4.78 is 0. The van der Waals surface area contributed by atoms with Crippen molar-refractivity contribution in [3.05, 3.63) is 22.8 Å². The zero-order valence-electron chi connectivity index (χ0n) is 7.40. The summed E-state index contributed by atoms with van der Waals surface area (Å²) in [7, 11) is 0. The standard InChI is InChI=1S/C9H13NO2S/c1-5(9(11)12)6-2-3-7(10)8(13)4-6/h2-3,5-6,13H,4,10H2,1H3,(H,11,12). The first-order valence-electron chi connectivity index (χ1n) is 4.11.